The monoisotopic (exact) mass is 633 g/mol. The second-order valence-electron chi connectivity index (χ2n) is 10.6. The van der Waals surface area contributed by atoms with E-state index in [9.17, 15) is 31.2 Å². The third kappa shape index (κ3) is 6.98. The van der Waals surface area contributed by atoms with Gasteiger partial charge >= 0.3 is 12.1 Å². The van der Waals surface area contributed by atoms with E-state index in [1.165, 1.54) is 39.3 Å². The molecule has 230 valence electrons. The van der Waals surface area contributed by atoms with Gasteiger partial charge in [-0.2, -0.15) is 18.2 Å². The van der Waals surface area contributed by atoms with Crippen molar-refractivity contribution in [1.82, 2.24) is 19.6 Å². The van der Waals surface area contributed by atoms with Crippen LogP contribution in [0.4, 0.5) is 36.3 Å². The number of carbonyl (C=O) groups is 2. The number of ether oxygens (including phenoxy) is 1. The van der Waals surface area contributed by atoms with Crippen molar-refractivity contribution in [3.8, 4) is 5.75 Å². The van der Waals surface area contributed by atoms with Crippen LogP contribution < -0.4 is 25.4 Å². The first kappa shape index (κ1) is 31.6. The van der Waals surface area contributed by atoms with E-state index in [4.69, 9.17) is 16.3 Å². The van der Waals surface area contributed by atoms with Gasteiger partial charge in [0.25, 0.3) is 0 Å². The number of hydrogen-bond acceptors (Lipinski definition) is 9. The number of methoxy groups -OCH3 is 1. The van der Waals surface area contributed by atoms with Crippen LogP contribution in [0.5, 0.6) is 5.75 Å². The number of hydrogen-bond donors (Lipinski definition) is 4. The van der Waals surface area contributed by atoms with E-state index in [2.05, 4.69) is 30.6 Å². The third-order valence-electron chi connectivity index (χ3n) is 7.18. The molecule has 0 bridgehead atoms. The number of benzene rings is 1. The molecule has 1 aromatic carbocycles. The average Bonchev–Trinajstić information content (AvgIpc) is 2.97. The maximum Gasteiger partial charge on any atom is 0.471 e. The molecule has 0 radical (unpaired) electrons. The van der Waals surface area contributed by atoms with Gasteiger partial charge in [0.1, 0.15) is 17.3 Å². The Bertz CT molecular complexity index is 1490. The largest absolute Gasteiger partial charge is 0.495 e. The smallest absolute Gasteiger partial charge is 0.471 e. The minimum Gasteiger partial charge on any atom is -0.495 e. The van der Waals surface area contributed by atoms with Gasteiger partial charge in [0.15, 0.2) is 5.82 Å². The lowest BCUT2D eigenvalue weighted by molar-refractivity contribution is -0.191. The number of fused-ring (bicyclic) bond motifs is 1. The van der Waals surface area contributed by atoms with Crippen molar-refractivity contribution in [3.63, 3.8) is 0 Å². The lowest BCUT2D eigenvalue weighted by Gasteiger charge is -2.37. The van der Waals surface area contributed by atoms with Gasteiger partial charge in [-0.15, -0.1) is 0 Å². The van der Waals surface area contributed by atoms with Crippen LogP contribution in [0.25, 0.3) is 0 Å². The van der Waals surface area contributed by atoms with Gasteiger partial charge in [0.2, 0.25) is 21.9 Å². The molecule has 12 nitrogen and oxygen atoms in total. The van der Waals surface area contributed by atoms with E-state index >= 15 is 0 Å². The standard InChI is InChI=1S/C25H31ClF3N7O5S/c1-24(2)13-9-19(41-3)18(10-17(13)31-20(37)12-36(24)22(38)25(27,28)29)33-23-30-11-14(26)21(34-23)32-15-7-5-6-8-16(15)35-42(4,39)40/h9-11,15-16,35H,5-8,12H2,1-4H3,(H,31,37)(H2,30,32,33,34)/t15-,16-/m1/s1. The molecule has 4 N–H and O–H groups in total. The summed E-state index contributed by atoms with van der Waals surface area (Å²) in [5.41, 5.74) is -0.896. The van der Waals surface area contributed by atoms with Gasteiger partial charge in [-0.05, 0) is 38.8 Å². The molecule has 1 fully saturated rings. The molecular weight excluding hydrogens is 603 g/mol. The van der Waals surface area contributed by atoms with Gasteiger partial charge in [-0.3, -0.25) is 9.59 Å². The first-order valence-electron chi connectivity index (χ1n) is 12.9. The summed E-state index contributed by atoms with van der Waals surface area (Å²) in [6.07, 6.45) is 0.335. The molecule has 2 heterocycles. The Hall–Kier alpha value is -3.37. The number of nitrogens with zero attached hydrogens (tertiary/aromatic N) is 3. The molecule has 17 heteroatoms. The number of nitrogens with one attached hydrogen (secondary N) is 4. The summed E-state index contributed by atoms with van der Waals surface area (Å²) in [5.74, 6) is -2.45. The summed E-state index contributed by atoms with van der Waals surface area (Å²) >= 11 is 6.35. The van der Waals surface area contributed by atoms with Crippen molar-refractivity contribution in [2.75, 3.05) is 35.9 Å². The van der Waals surface area contributed by atoms with Crippen LogP contribution in [0.15, 0.2) is 18.3 Å². The molecule has 42 heavy (non-hydrogen) atoms. The number of sulfonamides is 1. The number of alkyl halides is 3. The fourth-order valence-electron chi connectivity index (χ4n) is 5.16. The Morgan fingerprint density at radius 3 is 2.50 bits per heavy atom. The van der Waals surface area contributed by atoms with Gasteiger partial charge in [0.05, 0.1) is 30.8 Å². The summed E-state index contributed by atoms with van der Waals surface area (Å²) < 4.78 is 71.9. The quantitative estimate of drug-likeness (QED) is 0.357. The lowest BCUT2D eigenvalue weighted by Crippen LogP contribution is -2.52. The number of halogens is 4. The highest BCUT2D eigenvalue weighted by atomic mass is 35.5. The van der Waals surface area contributed by atoms with Crippen LogP contribution in [-0.2, 0) is 25.2 Å². The molecule has 2 amide bonds. The van der Waals surface area contributed by atoms with E-state index in [1.54, 1.807) is 0 Å². The highest BCUT2D eigenvalue weighted by Crippen LogP contribution is 2.43. The summed E-state index contributed by atoms with van der Waals surface area (Å²) in [5, 5.41) is 8.95. The SMILES string of the molecule is COc1cc2c(cc1Nc1ncc(Cl)c(N[C@@H]3CCCC[C@H]3NS(C)(=O)=O)n1)NC(=O)CN(C(=O)C(F)(F)F)C2(C)C. The Balaban J connectivity index is 1.65. The zero-order valence-electron chi connectivity index (χ0n) is 23.2. The maximum atomic E-state index is 13.4. The molecule has 0 spiro atoms. The van der Waals surface area contributed by atoms with Crippen LogP contribution >= 0.6 is 11.6 Å². The zero-order valence-corrected chi connectivity index (χ0v) is 24.8. The third-order valence-corrected chi connectivity index (χ3v) is 8.19. The number of anilines is 4. The first-order valence-corrected chi connectivity index (χ1v) is 15.2. The predicted molar refractivity (Wildman–Crippen MR) is 150 cm³/mol. The molecule has 0 saturated heterocycles. The maximum absolute atomic E-state index is 13.4. The molecule has 4 rings (SSSR count). The van der Waals surface area contributed by atoms with Gasteiger partial charge in [0, 0.05) is 23.3 Å². The van der Waals surface area contributed by atoms with Crippen molar-refractivity contribution in [2.45, 2.75) is 63.3 Å². The molecule has 2 atom stereocenters. The molecule has 1 saturated carbocycles. The minimum absolute atomic E-state index is 0.0664. The molecule has 0 unspecified atom stereocenters. The Kier molecular flexibility index (Phi) is 8.81. The van der Waals surface area contributed by atoms with Crippen molar-refractivity contribution >= 4 is 56.6 Å². The number of rotatable bonds is 7. The highest BCUT2D eigenvalue weighted by molar-refractivity contribution is 7.88. The van der Waals surface area contributed by atoms with Crippen molar-refractivity contribution < 1.29 is 35.9 Å². The second kappa shape index (κ2) is 11.7. The summed E-state index contributed by atoms with van der Waals surface area (Å²) in [7, 11) is -2.09. The van der Waals surface area contributed by atoms with E-state index in [0.717, 1.165) is 19.1 Å². The molecule has 2 aromatic rings. The summed E-state index contributed by atoms with van der Waals surface area (Å²) in [6.45, 7) is 2.00. The van der Waals surface area contributed by atoms with Crippen molar-refractivity contribution in [2.24, 2.45) is 0 Å². The van der Waals surface area contributed by atoms with Crippen LogP contribution in [-0.4, -0.2) is 73.3 Å². The number of carbonyl (C=O) groups excluding carboxylic acids is 2. The number of amides is 2. The van der Waals surface area contributed by atoms with Gasteiger partial charge < -0.3 is 25.6 Å². The van der Waals surface area contributed by atoms with Crippen molar-refractivity contribution in [1.29, 1.82) is 0 Å². The number of aromatic nitrogens is 2. The van der Waals surface area contributed by atoms with E-state index in [0.29, 0.717) is 17.7 Å². The van der Waals surface area contributed by atoms with Gasteiger partial charge in [-0.1, -0.05) is 24.4 Å². The molecule has 1 aliphatic heterocycles. The first-order chi connectivity index (χ1) is 19.5. The fourth-order valence-corrected chi connectivity index (χ4v) is 6.13. The fraction of sp³-hybridized carbons (Fsp3) is 0.520. The second-order valence-corrected chi connectivity index (χ2v) is 12.8. The van der Waals surface area contributed by atoms with Crippen LogP contribution in [0.3, 0.4) is 0 Å². The van der Waals surface area contributed by atoms with Crippen LogP contribution in [0.1, 0.15) is 45.1 Å². The van der Waals surface area contributed by atoms with Crippen LogP contribution in [0, 0.1) is 0 Å². The Morgan fingerprint density at radius 1 is 1.21 bits per heavy atom. The predicted octanol–water partition coefficient (Wildman–Crippen LogP) is 3.73. The van der Waals surface area contributed by atoms with E-state index in [-0.39, 0.29) is 51.6 Å². The van der Waals surface area contributed by atoms with Crippen LogP contribution in [0.2, 0.25) is 5.02 Å². The van der Waals surface area contributed by atoms with Crippen molar-refractivity contribution in [3.05, 3.63) is 28.9 Å². The Labute approximate surface area is 245 Å². The average molecular weight is 634 g/mol. The molecule has 1 aromatic heterocycles. The van der Waals surface area contributed by atoms with E-state index in [1.807, 2.05) is 0 Å². The molecule has 1 aliphatic carbocycles. The highest BCUT2D eigenvalue weighted by Gasteiger charge is 2.49. The van der Waals surface area contributed by atoms with E-state index < -0.39 is 40.1 Å². The molecular formula is C25H31ClF3N7O5S. The zero-order chi connectivity index (χ0) is 31.0. The molecule has 2 aliphatic rings. The lowest BCUT2D eigenvalue weighted by atomic mass is 9.90. The summed E-state index contributed by atoms with van der Waals surface area (Å²) in [4.78, 5) is 33.9. The summed E-state index contributed by atoms with van der Waals surface area (Å²) in [6, 6.07) is 2.23. The Morgan fingerprint density at radius 2 is 1.88 bits per heavy atom. The topological polar surface area (TPSA) is 155 Å². The van der Waals surface area contributed by atoms with Gasteiger partial charge in [-0.25, -0.2) is 18.1 Å². The minimum atomic E-state index is -5.18. The normalized spacial score (nSPS) is 20.7.